The van der Waals surface area contributed by atoms with E-state index in [1.54, 1.807) is 24.3 Å². The van der Waals surface area contributed by atoms with Gasteiger partial charge in [0, 0.05) is 0 Å². The Labute approximate surface area is 106 Å². The maximum atomic E-state index is 10.3. The van der Waals surface area contributed by atoms with Gasteiger partial charge in [-0.15, -0.1) is 0 Å². The number of aliphatic hydroxyl groups is 1. The molecule has 0 aliphatic carbocycles. The SMILES string of the molecule is Cc1ccc(C(=O)O)cc1.OCc1ccccc1. The van der Waals surface area contributed by atoms with Gasteiger partial charge in [-0.3, -0.25) is 0 Å². The van der Waals surface area contributed by atoms with Crippen LogP contribution >= 0.6 is 0 Å². The normalized spacial score (nSPS) is 9.22. The number of aliphatic hydroxyl groups excluding tert-OH is 1. The van der Waals surface area contributed by atoms with Crippen LogP contribution in [-0.2, 0) is 6.61 Å². The number of carboxylic acids is 1. The third-order valence-corrected chi connectivity index (χ3v) is 2.32. The molecule has 0 aromatic heterocycles. The second-order valence-corrected chi connectivity index (χ2v) is 3.81. The highest BCUT2D eigenvalue weighted by Gasteiger charge is 1.98. The molecule has 0 aliphatic rings. The number of aryl methyl sites for hydroxylation is 1. The highest BCUT2D eigenvalue weighted by molar-refractivity contribution is 5.87. The van der Waals surface area contributed by atoms with Crippen LogP contribution in [0.4, 0.5) is 0 Å². The summed E-state index contributed by atoms with van der Waals surface area (Å²) in [4.78, 5) is 10.3. The molecule has 0 unspecified atom stereocenters. The van der Waals surface area contributed by atoms with Crippen LogP contribution in [0.25, 0.3) is 0 Å². The molecular weight excluding hydrogens is 228 g/mol. The molecule has 18 heavy (non-hydrogen) atoms. The van der Waals surface area contributed by atoms with E-state index >= 15 is 0 Å². The summed E-state index contributed by atoms with van der Waals surface area (Å²) >= 11 is 0. The molecule has 3 heteroatoms. The summed E-state index contributed by atoms with van der Waals surface area (Å²) in [5.41, 5.74) is 2.38. The Morgan fingerprint density at radius 3 is 1.94 bits per heavy atom. The zero-order chi connectivity index (χ0) is 13.4. The fourth-order valence-electron chi connectivity index (χ4n) is 1.28. The fraction of sp³-hybridized carbons (Fsp3) is 0.133. The van der Waals surface area contributed by atoms with Gasteiger partial charge in [0.1, 0.15) is 0 Å². The summed E-state index contributed by atoms with van der Waals surface area (Å²) in [5, 5.41) is 17.0. The molecule has 0 heterocycles. The molecule has 0 amide bonds. The molecule has 0 aliphatic heterocycles. The molecule has 0 atom stereocenters. The maximum absolute atomic E-state index is 10.3. The average molecular weight is 244 g/mol. The number of carbonyl (C=O) groups is 1. The van der Waals surface area contributed by atoms with Crippen LogP contribution < -0.4 is 0 Å². The molecule has 2 rings (SSSR count). The van der Waals surface area contributed by atoms with E-state index in [0.717, 1.165) is 11.1 Å². The summed E-state index contributed by atoms with van der Waals surface area (Å²) < 4.78 is 0. The van der Waals surface area contributed by atoms with Crippen LogP contribution in [0.2, 0.25) is 0 Å². The Morgan fingerprint density at radius 2 is 1.56 bits per heavy atom. The van der Waals surface area contributed by atoms with Crippen LogP contribution in [0, 0.1) is 6.92 Å². The second-order valence-electron chi connectivity index (χ2n) is 3.81. The Hall–Kier alpha value is -2.13. The lowest BCUT2D eigenvalue weighted by Gasteiger charge is -1.92. The van der Waals surface area contributed by atoms with Gasteiger partial charge in [-0.1, -0.05) is 48.0 Å². The predicted octanol–water partition coefficient (Wildman–Crippen LogP) is 2.87. The minimum absolute atomic E-state index is 0.140. The first-order valence-corrected chi connectivity index (χ1v) is 5.58. The van der Waals surface area contributed by atoms with Crippen molar-refractivity contribution in [3.05, 3.63) is 71.3 Å². The van der Waals surface area contributed by atoms with Gasteiger partial charge >= 0.3 is 5.97 Å². The summed E-state index contributed by atoms with van der Waals surface area (Å²) in [6.45, 7) is 2.06. The number of hydrogen-bond acceptors (Lipinski definition) is 2. The zero-order valence-corrected chi connectivity index (χ0v) is 10.2. The summed E-state index contributed by atoms with van der Waals surface area (Å²) in [6.07, 6.45) is 0. The lowest BCUT2D eigenvalue weighted by Crippen LogP contribution is -1.94. The molecule has 2 aromatic rings. The van der Waals surface area contributed by atoms with Crippen molar-refractivity contribution in [2.75, 3.05) is 0 Å². The number of aromatic carboxylic acids is 1. The highest BCUT2D eigenvalue weighted by Crippen LogP contribution is 2.01. The van der Waals surface area contributed by atoms with Gasteiger partial charge in [0.15, 0.2) is 0 Å². The van der Waals surface area contributed by atoms with Crippen molar-refractivity contribution in [3.63, 3.8) is 0 Å². The van der Waals surface area contributed by atoms with Gasteiger partial charge in [0.05, 0.1) is 12.2 Å². The maximum Gasteiger partial charge on any atom is 0.335 e. The molecule has 0 bridgehead atoms. The Balaban J connectivity index is 0.000000184. The van der Waals surface area contributed by atoms with Gasteiger partial charge < -0.3 is 10.2 Å². The van der Waals surface area contributed by atoms with Gasteiger partial charge in [-0.05, 0) is 24.6 Å². The van der Waals surface area contributed by atoms with E-state index < -0.39 is 5.97 Å². The lowest BCUT2D eigenvalue weighted by molar-refractivity contribution is 0.0697. The first kappa shape index (κ1) is 13.9. The van der Waals surface area contributed by atoms with E-state index in [9.17, 15) is 4.79 Å². The van der Waals surface area contributed by atoms with E-state index in [1.165, 1.54) is 0 Å². The Kier molecular flexibility index (Phi) is 5.61. The largest absolute Gasteiger partial charge is 0.478 e. The van der Waals surface area contributed by atoms with E-state index in [4.69, 9.17) is 10.2 Å². The van der Waals surface area contributed by atoms with Crippen molar-refractivity contribution in [2.45, 2.75) is 13.5 Å². The number of carboxylic acid groups (broad SMARTS) is 1. The molecule has 2 N–H and O–H groups in total. The van der Waals surface area contributed by atoms with Crippen molar-refractivity contribution in [1.29, 1.82) is 0 Å². The molecule has 0 fully saturated rings. The van der Waals surface area contributed by atoms with E-state index in [1.807, 2.05) is 37.3 Å². The van der Waals surface area contributed by atoms with E-state index in [2.05, 4.69) is 0 Å². The van der Waals surface area contributed by atoms with Crippen molar-refractivity contribution in [2.24, 2.45) is 0 Å². The topological polar surface area (TPSA) is 57.5 Å². The van der Waals surface area contributed by atoms with Gasteiger partial charge in [-0.2, -0.15) is 0 Å². The number of benzene rings is 2. The summed E-state index contributed by atoms with van der Waals surface area (Å²) in [6, 6.07) is 16.3. The molecule has 2 aromatic carbocycles. The van der Waals surface area contributed by atoms with Crippen LogP contribution in [0.3, 0.4) is 0 Å². The lowest BCUT2D eigenvalue weighted by atomic mass is 10.2. The first-order valence-electron chi connectivity index (χ1n) is 5.58. The fourth-order valence-corrected chi connectivity index (χ4v) is 1.28. The van der Waals surface area contributed by atoms with Crippen LogP contribution in [0.1, 0.15) is 21.5 Å². The summed E-state index contributed by atoms with van der Waals surface area (Å²) in [5.74, 6) is -0.875. The zero-order valence-electron chi connectivity index (χ0n) is 10.2. The third kappa shape index (κ3) is 4.80. The Morgan fingerprint density at radius 1 is 1.00 bits per heavy atom. The first-order chi connectivity index (χ1) is 8.63. The Bertz CT molecular complexity index is 475. The number of rotatable bonds is 2. The van der Waals surface area contributed by atoms with E-state index in [0.29, 0.717) is 5.56 Å². The van der Waals surface area contributed by atoms with Gasteiger partial charge in [0.2, 0.25) is 0 Å². The number of hydrogen-bond donors (Lipinski definition) is 2. The molecule has 0 spiro atoms. The standard InChI is InChI=1S/C8H8O2.C7H8O/c1-6-2-4-7(5-3-6)8(9)10;8-6-7-4-2-1-3-5-7/h2-5H,1H3,(H,9,10);1-5,8H,6H2. The molecular formula is C15H16O3. The van der Waals surface area contributed by atoms with Crippen LogP contribution in [0.15, 0.2) is 54.6 Å². The van der Waals surface area contributed by atoms with Gasteiger partial charge in [-0.25, -0.2) is 4.79 Å². The quantitative estimate of drug-likeness (QED) is 0.854. The minimum atomic E-state index is -0.875. The molecule has 0 saturated carbocycles. The van der Waals surface area contributed by atoms with Crippen molar-refractivity contribution in [3.8, 4) is 0 Å². The summed E-state index contributed by atoms with van der Waals surface area (Å²) in [7, 11) is 0. The van der Waals surface area contributed by atoms with Gasteiger partial charge in [0.25, 0.3) is 0 Å². The average Bonchev–Trinajstić information content (AvgIpc) is 2.41. The van der Waals surface area contributed by atoms with Crippen molar-refractivity contribution >= 4 is 5.97 Å². The predicted molar refractivity (Wildman–Crippen MR) is 70.5 cm³/mol. The highest BCUT2D eigenvalue weighted by atomic mass is 16.4. The van der Waals surface area contributed by atoms with Crippen molar-refractivity contribution < 1.29 is 15.0 Å². The monoisotopic (exact) mass is 244 g/mol. The minimum Gasteiger partial charge on any atom is -0.478 e. The van der Waals surface area contributed by atoms with Crippen molar-refractivity contribution in [1.82, 2.24) is 0 Å². The second kappa shape index (κ2) is 7.25. The molecule has 0 saturated heterocycles. The molecule has 94 valence electrons. The van der Waals surface area contributed by atoms with E-state index in [-0.39, 0.29) is 6.61 Å². The molecule has 3 nitrogen and oxygen atoms in total. The van der Waals surface area contributed by atoms with Crippen LogP contribution in [0.5, 0.6) is 0 Å². The smallest absolute Gasteiger partial charge is 0.335 e. The third-order valence-electron chi connectivity index (χ3n) is 2.32. The van der Waals surface area contributed by atoms with Crippen LogP contribution in [-0.4, -0.2) is 16.2 Å². The molecule has 0 radical (unpaired) electrons.